The largest absolute Gasteiger partial charge is 0.496 e. The van der Waals surface area contributed by atoms with Gasteiger partial charge in [-0.05, 0) is 68.0 Å². The van der Waals surface area contributed by atoms with Gasteiger partial charge in [-0.15, -0.1) is 0 Å². The molecule has 0 spiro atoms. The van der Waals surface area contributed by atoms with E-state index in [9.17, 15) is 22.4 Å². The first-order chi connectivity index (χ1) is 20.4. The first-order valence-electron chi connectivity index (χ1n) is 14.3. The fourth-order valence-corrected chi connectivity index (χ4v) is 5.16. The van der Waals surface area contributed by atoms with Crippen molar-refractivity contribution in [2.45, 2.75) is 58.2 Å². The number of hydrazone groups is 1. The van der Waals surface area contributed by atoms with Crippen molar-refractivity contribution in [1.82, 2.24) is 10.3 Å². The fourth-order valence-electron chi connectivity index (χ4n) is 5.16. The molecule has 226 valence electrons. The summed E-state index contributed by atoms with van der Waals surface area (Å²) in [6, 6.07) is 9.84. The molecular weight excluding hydrogens is 560 g/mol. The summed E-state index contributed by atoms with van der Waals surface area (Å²) in [6.07, 6.45) is 1.28. The standard InChI is InChI=1S/C33H34F4N4O2/c1-19-5-11-29-28(38-14-13-33(35,36)37)18-27(21(3)26-17-23(34)7-12-31(26)43-4)40-41(29)30(15-19)22-6-10-25(20(2)16-22)32(42)39-24-8-9-24/h6-7,10-12,15-17,19,24H,3,5,8-9,13-14,18H2,1-2,4H3,(H,39,42). The van der Waals surface area contributed by atoms with Crippen LogP contribution >= 0.6 is 0 Å². The number of methoxy groups -OCH3 is 1. The molecule has 0 aromatic heterocycles. The lowest BCUT2D eigenvalue weighted by atomic mass is 9.95. The van der Waals surface area contributed by atoms with Gasteiger partial charge in [0.15, 0.2) is 0 Å². The molecule has 2 aromatic carbocycles. The van der Waals surface area contributed by atoms with Gasteiger partial charge < -0.3 is 10.1 Å². The molecule has 1 saturated carbocycles. The number of alkyl halides is 3. The number of ether oxygens (including phenoxy) is 1. The first-order valence-corrected chi connectivity index (χ1v) is 14.3. The van der Waals surface area contributed by atoms with Gasteiger partial charge in [-0.2, -0.15) is 18.3 Å². The van der Waals surface area contributed by atoms with Crippen LogP contribution in [0.15, 0.2) is 70.9 Å². The predicted octanol–water partition coefficient (Wildman–Crippen LogP) is 7.47. The second-order valence-corrected chi connectivity index (χ2v) is 11.2. The maximum absolute atomic E-state index is 14.3. The van der Waals surface area contributed by atoms with Gasteiger partial charge in [0.1, 0.15) is 11.6 Å². The summed E-state index contributed by atoms with van der Waals surface area (Å²) in [4.78, 5) is 17.2. The van der Waals surface area contributed by atoms with Gasteiger partial charge >= 0.3 is 6.18 Å². The summed E-state index contributed by atoms with van der Waals surface area (Å²) in [7, 11) is 1.46. The highest BCUT2D eigenvalue weighted by atomic mass is 19.4. The van der Waals surface area contributed by atoms with Crippen LogP contribution in [0.3, 0.4) is 0 Å². The van der Waals surface area contributed by atoms with Crippen LogP contribution in [0, 0.1) is 18.7 Å². The van der Waals surface area contributed by atoms with E-state index in [4.69, 9.17) is 9.84 Å². The molecule has 43 heavy (non-hydrogen) atoms. The minimum Gasteiger partial charge on any atom is -0.496 e. The molecule has 3 aliphatic rings. The molecule has 0 radical (unpaired) electrons. The molecule has 0 bridgehead atoms. The van der Waals surface area contributed by atoms with Crippen LogP contribution in [-0.2, 0) is 0 Å². The Morgan fingerprint density at radius 1 is 1.16 bits per heavy atom. The van der Waals surface area contributed by atoms with Crippen LogP contribution < -0.4 is 10.1 Å². The summed E-state index contributed by atoms with van der Waals surface area (Å²) in [6.45, 7) is 7.65. The Hall–Kier alpha value is -4.21. The number of hydrogen-bond acceptors (Lipinski definition) is 5. The number of aryl methyl sites for hydroxylation is 1. The van der Waals surface area contributed by atoms with Gasteiger partial charge in [0.2, 0.25) is 0 Å². The molecule has 0 saturated heterocycles. The average Bonchev–Trinajstić information content (AvgIpc) is 3.79. The summed E-state index contributed by atoms with van der Waals surface area (Å²) in [5.41, 5.74) is 5.06. The quantitative estimate of drug-likeness (QED) is 0.323. The number of nitrogens with zero attached hydrogens (tertiary/aromatic N) is 3. The molecule has 2 aliphatic heterocycles. The molecule has 1 unspecified atom stereocenters. The molecular formula is C33H34F4N4O2. The predicted molar refractivity (Wildman–Crippen MR) is 160 cm³/mol. The molecule has 2 aromatic rings. The lowest BCUT2D eigenvalue weighted by Crippen LogP contribution is -2.31. The third-order valence-corrected chi connectivity index (χ3v) is 7.65. The third-order valence-electron chi connectivity index (χ3n) is 7.65. The molecule has 1 N–H and O–H groups in total. The normalized spacial score (nSPS) is 19.6. The van der Waals surface area contributed by atoms with Gasteiger partial charge in [-0.1, -0.05) is 31.7 Å². The second kappa shape index (κ2) is 12.2. The van der Waals surface area contributed by atoms with Gasteiger partial charge in [0.25, 0.3) is 5.91 Å². The average molecular weight is 595 g/mol. The Bertz CT molecular complexity index is 1570. The minimum absolute atomic E-state index is 0.0767. The lowest BCUT2D eigenvalue weighted by molar-refractivity contribution is -0.132. The number of amides is 1. The van der Waals surface area contributed by atoms with Crippen molar-refractivity contribution in [2.75, 3.05) is 13.7 Å². The zero-order chi connectivity index (χ0) is 30.9. The summed E-state index contributed by atoms with van der Waals surface area (Å²) < 4.78 is 58.9. The van der Waals surface area contributed by atoms with Crippen molar-refractivity contribution in [3.63, 3.8) is 0 Å². The molecule has 5 rings (SSSR count). The highest BCUT2D eigenvalue weighted by molar-refractivity contribution is 6.32. The first kappa shape index (κ1) is 30.3. The van der Waals surface area contributed by atoms with Crippen molar-refractivity contribution in [3.05, 3.63) is 88.9 Å². The summed E-state index contributed by atoms with van der Waals surface area (Å²) in [5, 5.41) is 9.64. The zero-order valence-electron chi connectivity index (χ0n) is 24.4. The topological polar surface area (TPSA) is 66.3 Å². The van der Waals surface area contributed by atoms with E-state index < -0.39 is 25.0 Å². The Labute approximate surface area is 248 Å². The van der Waals surface area contributed by atoms with Crippen molar-refractivity contribution in [1.29, 1.82) is 0 Å². The van der Waals surface area contributed by atoms with Crippen molar-refractivity contribution < 1.29 is 27.1 Å². The van der Waals surface area contributed by atoms with Crippen molar-refractivity contribution in [2.24, 2.45) is 16.0 Å². The number of allylic oxidation sites excluding steroid dienone is 4. The van der Waals surface area contributed by atoms with Crippen molar-refractivity contribution in [3.8, 4) is 5.75 Å². The Morgan fingerprint density at radius 3 is 2.60 bits per heavy atom. The van der Waals surface area contributed by atoms with Crippen LogP contribution in [0.5, 0.6) is 5.75 Å². The van der Waals surface area contributed by atoms with E-state index in [2.05, 4.69) is 16.9 Å². The maximum atomic E-state index is 14.3. The maximum Gasteiger partial charge on any atom is 0.390 e. The Balaban J connectivity index is 1.58. The van der Waals surface area contributed by atoms with E-state index in [0.29, 0.717) is 51.7 Å². The second-order valence-electron chi connectivity index (χ2n) is 11.2. The molecule has 1 aliphatic carbocycles. The van der Waals surface area contributed by atoms with Gasteiger partial charge in [0, 0.05) is 41.3 Å². The summed E-state index contributed by atoms with van der Waals surface area (Å²) in [5.74, 6) is -0.138. The number of benzene rings is 2. The Kier molecular flexibility index (Phi) is 8.57. The van der Waals surface area contributed by atoms with E-state index in [1.165, 1.54) is 25.3 Å². The van der Waals surface area contributed by atoms with Crippen LogP contribution in [0.4, 0.5) is 17.6 Å². The van der Waals surface area contributed by atoms with Crippen LogP contribution in [0.2, 0.25) is 0 Å². The van der Waals surface area contributed by atoms with Crippen LogP contribution in [-0.4, -0.2) is 48.2 Å². The third kappa shape index (κ3) is 7.06. The number of fused-ring (bicyclic) bond motifs is 1. The number of hydrogen-bond donors (Lipinski definition) is 1. The number of halogens is 4. The van der Waals surface area contributed by atoms with E-state index in [1.54, 1.807) is 11.1 Å². The van der Waals surface area contributed by atoms with Crippen LogP contribution in [0.1, 0.15) is 66.1 Å². The SMILES string of the molecule is C=C(C1=NN2C(=CCC(C)C=C2c2ccc(C(=O)NC3CC3)c(C)c2)C(=NCCC(F)(F)F)C1)c1cc(F)ccc1OC. The van der Waals surface area contributed by atoms with Crippen LogP contribution in [0.25, 0.3) is 11.3 Å². The van der Waals surface area contributed by atoms with E-state index in [-0.39, 0.29) is 24.3 Å². The minimum atomic E-state index is -4.35. The van der Waals surface area contributed by atoms with E-state index >= 15 is 0 Å². The molecule has 2 heterocycles. The number of rotatable bonds is 8. The number of carbonyl (C=O) groups excluding carboxylic acids is 1. The molecule has 6 nitrogen and oxygen atoms in total. The number of carbonyl (C=O) groups is 1. The number of aliphatic imine (C=N–C) groups is 1. The van der Waals surface area contributed by atoms with E-state index in [0.717, 1.165) is 24.0 Å². The molecule has 10 heteroatoms. The Morgan fingerprint density at radius 2 is 1.93 bits per heavy atom. The zero-order valence-corrected chi connectivity index (χ0v) is 24.4. The molecule has 1 fully saturated rings. The molecule has 1 atom stereocenters. The summed E-state index contributed by atoms with van der Waals surface area (Å²) >= 11 is 0. The van der Waals surface area contributed by atoms with Crippen molar-refractivity contribution >= 4 is 28.6 Å². The van der Waals surface area contributed by atoms with Gasteiger partial charge in [-0.25, -0.2) is 9.40 Å². The lowest BCUT2D eigenvalue weighted by Gasteiger charge is -2.32. The van der Waals surface area contributed by atoms with Gasteiger partial charge in [-0.3, -0.25) is 9.79 Å². The van der Waals surface area contributed by atoms with Gasteiger partial charge in [0.05, 0.1) is 36.3 Å². The monoisotopic (exact) mass is 594 g/mol. The van der Waals surface area contributed by atoms with E-state index in [1.807, 2.05) is 38.1 Å². The number of nitrogens with one attached hydrogen (secondary N) is 1. The molecule has 1 amide bonds. The highest BCUT2D eigenvalue weighted by Gasteiger charge is 2.32. The smallest absolute Gasteiger partial charge is 0.390 e. The highest BCUT2D eigenvalue weighted by Crippen LogP contribution is 2.37. The fraction of sp³-hybridized carbons (Fsp3) is 0.364.